The Morgan fingerprint density at radius 1 is 1.19 bits per heavy atom. The Labute approximate surface area is 189 Å². The van der Waals surface area contributed by atoms with E-state index >= 15 is 0 Å². The molecule has 7 heteroatoms. The number of piperidine rings is 1. The number of nitrogens with zero attached hydrogens (tertiary/aromatic N) is 4. The zero-order valence-corrected chi connectivity index (χ0v) is 18.8. The van der Waals surface area contributed by atoms with Crippen LogP contribution in [0.1, 0.15) is 40.0 Å². The minimum atomic E-state index is -0.0898. The van der Waals surface area contributed by atoms with Gasteiger partial charge in [-0.25, -0.2) is 0 Å². The number of methoxy groups -OCH3 is 1. The lowest BCUT2D eigenvalue weighted by Gasteiger charge is -2.31. The third-order valence-corrected chi connectivity index (χ3v) is 6.10. The van der Waals surface area contributed by atoms with Gasteiger partial charge in [0.2, 0.25) is 0 Å². The maximum atomic E-state index is 12.9. The van der Waals surface area contributed by atoms with E-state index in [1.54, 1.807) is 11.8 Å². The fourth-order valence-corrected chi connectivity index (χ4v) is 4.37. The van der Waals surface area contributed by atoms with E-state index in [2.05, 4.69) is 26.4 Å². The molecule has 0 atom stereocenters. The van der Waals surface area contributed by atoms with E-state index in [0.717, 1.165) is 55.9 Å². The van der Waals surface area contributed by atoms with Crippen LogP contribution in [0.4, 0.5) is 0 Å². The normalized spacial score (nSPS) is 14.9. The van der Waals surface area contributed by atoms with E-state index in [4.69, 9.17) is 4.74 Å². The van der Waals surface area contributed by atoms with Gasteiger partial charge in [0.1, 0.15) is 5.75 Å². The van der Waals surface area contributed by atoms with Gasteiger partial charge in [-0.05, 0) is 56.0 Å². The summed E-state index contributed by atoms with van der Waals surface area (Å²) in [5.41, 5.74) is 3.76. The second-order valence-corrected chi connectivity index (χ2v) is 8.44. The molecule has 1 aliphatic heterocycles. The van der Waals surface area contributed by atoms with E-state index in [-0.39, 0.29) is 5.91 Å². The monoisotopic (exact) mass is 433 g/mol. The Bertz CT molecular complexity index is 1030. The molecule has 2 aromatic heterocycles. The number of carbonyl (C=O) groups excluding carboxylic acids is 1. The van der Waals surface area contributed by atoms with Gasteiger partial charge in [-0.15, -0.1) is 0 Å². The summed E-state index contributed by atoms with van der Waals surface area (Å²) in [7, 11) is 3.51. The molecule has 0 saturated carbocycles. The number of hydrogen-bond donors (Lipinski definition) is 1. The first kappa shape index (κ1) is 22.0. The summed E-state index contributed by atoms with van der Waals surface area (Å²) >= 11 is 0. The van der Waals surface area contributed by atoms with Gasteiger partial charge in [0.05, 0.1) is 18.4 Å². The highest BCUT2D eigenvalue weighted by atomic mass is 16.5. The van der Waals surface area contributed by atoms with Gasteiger partial charge >= 0.3 is 0 Å². The summed E-state index contributed by atoms with van der Waals surface area (Å²) in [6, 6.07) is 11.8. The van der Waals surface area contributed by atoms with Gasteiger partial charge in [-0.3, -0.25) is 19.4 Å². The minimum Gasteiger partial charge on any atom is -0.496 e. The number of nitrogens with one attached hydrogen (secondary N) is 1. The molecule has 4 rings (SSSR count). The van der Waals surface area contributed by atoms with Crippen LogP contribution >= 0.6 is 0 Å². The Hall–Kier alpha value is -3.19. The molecule has 0 bridgehead atoms. The van der Waals surface area contributed by atoms with Gasteiger partial charge in [-0.1, -0.05) is 24.3 Å². The van der Waals surface area contributed by atoms with Crippen LogP contribution in [0.5, 0.6) is 5.75 Å². The highest BCUT2D eigenvalue weighted by Crippen LogP contribution is 2.24. The Morgan fingerprint density at radius 2 is 2.00 bits per heavy atom. The van der Waals surface area contributed by atoms with Gasteiger partial charge in [0.25, 0.3) is 5.91 Å². The maximum Gasteiger partial charge on any atom is 0.255 e. The number of amides is 1. The van der Waals surface area contributed by atoms with Crippen molar-refractivity contribution in [2.45, 2.75) is 32.4 Å². The molecule has 32 heavy (non-hydrogen) atoms. The van der Waals surface area contributed by atoms with Crippen molar-refractivity contribution in [3.05, 3.63) is 77.4 Å². The molecule has 1 fully saturated rings. The smallest absolute Gasteiger partial charge is 0.255 e. The molecular weight excluding hydrogens is 402 g/mol. The van der Waals surface area contributed by atoms with E-state index in [0.29, 0.717) is 18.0 Å². The van der Waals surface area contributed by atoms with Crippen molar-refractivity contribution in [2.24, 2.45) is 13.0 Å². The molecular formula is C25H31N5O2. The van der Waals surface area contributed by atoms with Gasteiger partial charge < -0.3 is 10.1 Å². The van der Waals surface area contributed by atoms with Gasteiger partial charge in [0, 0.05) is 44.3 Å². The predicted octanol–water partition coefficient (Wildman–Crippen LogP) is 3.21. The van der Waals surface area contributed by atoms with Crippen LogP contribution in [0.15, 0.2) is 55.0 Å². The van der Waals surface area contributed by atoms with Crippen LogP contribution in [0.2, 0.25) is 0 Å². The summed E-state index contributed by atoms with van der Waals surface area (Å²) in [5.74, 6) is 1.22. The lowest BCUT2D eigenvalue weighted by molar-refractivity contribution is 0.0949. The summed E-state index contributed by atoms with van der Waals surface area (Å²) < 4.78 is 7.12. The molecule has 0 spiro atoms. The fourth-order valence-electron chi connectivity index (χ4n) is 4.37. The zero-order chi connectivity index (χ0) is 22.3. The number of pyridine rings is 1. The number of rotatable bonds is 8. The first-order valence-corrected chi connectivity index (χ1v) is 11.2. The van der Waals surface area contributed by atoms with Crippen LogP contribution < -0.4 is 10.1 Å². The Balaban J connectivity index is 1.33. The Kier molecular flexibility index (Phi) is 7.17. The highest BCUT2D eigenvalue weighted by molar-refractivity contribution is 5.95. The summed E-state index contributed by atoms with van der Waals surface area (Å²) in [6.45, 7) is 3.48. The molecule has 0 radical (unpaired) electrons. The summed E-state index contributed by atoms with van der Waals surface area (Å²) in [6.07, 6.45) is 8.63. The quantitative estimate of drug-likeness (QED) is 0.591. The summed E-state index contributed by atoms with van der Waals surface area (Å²) in [4.78, 5) is 19.6. The molecule has 1 aliphatic rings. The first-order chi connectivity index (χ1) is 15.6. The van der Waals surface area contributed by atoms with Crippen molar-refractivity contribution < 1.29 is 9.53 Å². The third-order valence-electron chi connectivity index (χ3n) is 6.10. The molecule has 1 amide bonds. The largest absolute Gasteiger partial charge is 0.496 e. The van der Waals surface area contributed by atoms with Gasteiger partial charge in [0.15, 0.2) is 0 Å². The average molecular weight is 434 g/mol. The molecule has 3 heterocycles. The summed E-state index contributed by atoms with van der Waals surface area (Å²) in [5, 5.41) is 7.64. The van der Waals surface area contributed by atoms with E-state index in [1.165, 1.54) is 5.56 Å². The van der Waals surface area contributed by atoms with Crippen molar-refractivity contribution in [2.75, 3.05) is 20.2 Å². The van der Waals surface area contributed by atoms with E-state index in [1.807, 2.05) is 56.0 Å². The van der Waals surface area contributed by atoms with Crippen molar-refractivity contribution in [1.82, 2.24) is 25.0 Å². The van der Waals surface area contributed by atoms with Crippen LogP contribution in [-0.4, -0.2) is 45.8 Å². The molecule has 168 valence electrons. The number of benzene rings is 1. The predicted molar refractivity (Wildman–Crippen MR) is 123 cm³/mol. The van der Waals surface area contributed by atoms with Crippen molar-refractivity contribution in [1.29, 1.82) is 0 Å². The first-order valence-electron chi connectivity index (χ1n) is 11.2. The van der Waals surface area contributed by atoms with Crippen LogP contribution in [0, 0.1) is 5.92 Å². The van der Waals surface area contributed by atoms with Crippen LogP contribution in [-0.2, 0) is 26.6 Å². The number of aryl methyl sites for hydroxylation is 1. The minimum absolute atomic E-state index is 0.0898. The number of para-hydroxylation sites is 1. The van der Waals surface area contributed by atoms with E-state index < -0.39 is 0 Å². The number of ether oxygens (including phenoxy) is 1. The van der Waals surface area contributed by atoms with E-state index in [9.17, 15) is 4.79 Å². The molecule has 7 nitrogen and oxygen atoms in total. The lowest BCUT2D eigenvalue weighted by Crippen LogP contribution is -2.34. The molecule has 0 aliphatic carbocycles. The molecule has 1 saturated heterocycles. The van der Waals surface area contributed by atoms with Crippen molar-refractivity contribution >= 4 is 5.91 Å². The van der Waals surface area contributed by atoms with Crippen molar-refractivity contribution in [3.8, 4) is 5.75 Å². The standard InChI is InChI=1S/C25H31N5O2/c1-29-18-22(25(31)27-16-21-7-3-4-8-24(21)32-2)23(28-29)14-19-9-12-30(13-10-19)17-20-6-5-11-26-15-20/h3-8,11,15,18-19H,9-10,12-14,16-17H2,1-2H3,(H,27,31). The number of aromatic nitrogens is 3. The fraction of sp³-hybridized carbons (Fsp3) is 0.400. The molecule has 1 N–H and O–H groups in total. The third kappa shape index (κ3) is 5.53. The number of likely N-dealkylation sites (tertiary alicyclic amines) is 1. The lowest BCUT2D eigenvalue weighted by atomic mass is 9.91. The van der Waals surface area contributed by atoms with Crippen LogP contribution in [0.3, 0.4) is 0 Å². The van der Waals surface area contributed by atoms with Crippen LogP contribution in [0.25, 0.3) is 0 Å². The number of hydrogen-bond acceptors (Lipinski definition) is 5. The highest BCUT2D eigenvalue weighted by Gasteiger charge is 2.24. The molecule has 0 unspecified atom stereocenters. The van der Waals surface area contributed by atoms with Gasteiger partial charge in [-0.2, -0.15) is 5.10 Å². The van der Waals surface area contributed by atoms with Crippen molar-refractivity contribution in [3.63, 3.8) is 0 Å². The average Bonchev–Trinajstić information content (AvgIpc) is 3.19. The topological polar surface area (TPSA) is 72.3 Å². The Morgan fingerprint density at radius 3 is 2.75 bits per heavy atom. The SMILES string of the molecule is COc1ccccc1CNC(=O)c1cn(C)nc1CC1CCN(Cc2cccnc2)CC1. The maximum absolute atomic E-state index is 12.9. The second kappa shape index (κ2) is 10.4. The zero-order valence-electron chi connectivity index (χ0n) is 18.8. The molecule has 1 aromatic carbocycles. The second-order valence-electron chi connectivity index (χ2n) is 8.44. The molecule has 3 aromatic rings. The number of carbonyl (C=O) groups is 1.